The number of ether oxygens (including phenoxy) is 1. The SMILES string of the molecule is COCC1(CNC(=O)C(C)SCC(=O)Nc2ccc(C)cc2)CCNCC1.Cl. The van der Waals surface area contributed by atoms with Crippen LogP contribution in [-0.4, -0.2) is 56.2 Å². The van der Waals surface area contributed by atoms with Gasteiger partial charge in [-0.25, -0.2) is 0 Å². The minimum atomic E-state index is -0.282. The Hall–Kier alpha value is -1.28. The Kier molecular flexibility index (Phi) is 10.9. The Labute approximate surface area is 178 Å². The minimum absolute atomic E-state index is 0. The van der Waals surface area contributed by atoms with Gasteiger partial charge in [0.15, 0.2) is 0 Å². The van der Waals surface area contributed by atoms with Crippen molar-refractivity contribution in [2.24, 2.45) is 5.41 Å². The summed E-state index contributed by atoms with van der Waals surface area (Å²) in [7, 11) is 1.71. The number of hydrogen-bond donors (Lipinski definition) is 3. The first-order valence-electron chi connectivity index (χ1n) is 9.40. The molecule has 1 atom stereocenters. The summed E-state index contributed by atoms with van der Waals surface area (Å²) in [6.45, 7) is 7.00. The summed E-state index contributed by atoms with van der Waals surface area (Å²) in [4.78, 5) is 24.5. The minimum Gasteiger partial charge on any atom is -0.384 e. The zero-order valence-corrected chi connectivity index (χ0v) is 18.5. The van der Waals surface area contributed by atoms with E-state index in [1.807, 2.05) is 38.1 Å². The van der Waals surface area contributed by atoms with Gasteiger partial charge in [-0.15, -0.1) is 24.2 Å². The Bertz CT molecular complexity index is 616. The van der Waals surface area contributed by atoms with Crippen molar-refractivity contribution in [3.05, 3.63) is 29.8 Å². The van der Waals surface area contributed by atoms with Crippen LogP contribution in [0, 0.1) is 12.3 Å². The fraction of sp³-hybridized carbons (Fsp3) is 0.600. The molecule has 8 heteroatoms. The number of piperidine rings is 1. The predicted molar refractivity (Wildman–Crippen MR) is 118 cm³/mol. The van der Waals surface area contributed by atoms with Crippen molar-refractivity contribution in [2.75, 3.05) is 44.4 Å². The van der Waals surface area contributed by atoms with E-state index in [9.17, 15) is 9.59 Å². The molecule has 1 heterocycles. The van der Waals surface area contributed by atoms with Crippen molar-refractivity contribution in [3.63, 3.8) is 0 Å². The number of thioether (sulfide) groups is 1. The third-order valence-corrected chi connectivity index (χ3v) is 6.06. The second-order valence-corrected chi connectivity index (χ2v) is 8.60. The Balaban J connectivity index is 0.00000392. The first-order valence-corrected chi connectivity index (χ1v) is 10.4. The van der Waals surface area contributed by atoms with E-state index in [1.165, 1.54) is 11.8 Å². The third-order valence-electron chi connectivity index (χ3n) is 4.92. The van der Waals surface area contributed by atoms with E-state index in [2.05, 4.69) is 16.0 Å². The molecule has 1 aliphatic rings. The molecule has 3 N–H and O–H groups in total. The number of halogens is 1. The van der Waals surface area contributed by atoms with Gasteiger partial charge in [-0.05, 0) is 51.9 Å². The summed E-state index contributed by atoms with van der Waals surface area (Å²) in [6, 6.07) is 7.66. The molecule has 6 nitrogen and oxygen atoms in total. The van der Waals surface area contributed by atoms with Crippen LogP contribution in [0.5, 0.6) is 0 Å². The van der Waals surface area contributed by atoms with Crippen LogP contribution >= 0.6 is 24.2 Å². The van der Waals surface area contributed by atoms with Crippen LogP contribution in [-0.2, 0) is 14.3 Å². The van der Waals surface area contributed by atoms with Gasteiger partial charge in [0.05, 0.1) is 17.6 Å². The maximum atomic E-state index is 12.4. The molecule has 158 valence electrons. The highest BCUT2D eigenvalue weighted by molar-refractivity contribution is 8.01. The van der Waals surface area contributed by atoms with Gasteiger partial charge >= 0.3 is 0 Å². The summed E-state index contributed by atoms with van der Waals surface area (Å²) in [6.07, 6.45) is 1.98. The average molecular weight is 430 g/mol. The van der Waals surface area contributed by atoms with E-state index in [4.69, 9.17) is 4.74 Å². The van der Waals surface area contributed by atoms with Crippen LogP contribution in [0.2, 0.25) is 0 Å². The molecule has 0 spiro atoms. The molecule has 1 aromatic carbocycles. The molecule has 0 aromatic heterocycles. The number of aryl methyl sites for hydroxylation is 1. The number of benzene rings is 1. The molecule has 28 heavy (non-hydrogen) atoms. The van der Waals surface area contributed by atoms with Crippen LogP contribution in [0.3, 0.4) is 0 Å². The largest absolute Gasteiger partial charge is 0.384 e. The fourth-order valence-corrected chi connectivity index (χ4v) is 3.87. The van der Waals surface area contributed by atoms with E-state index >= 15 is 0 Å². The topological polar surface area (TPSA) is 79.5 Å². The Morgan fingerprint density at radius 3 is 2.50 bits per heavy atom. The van der Waals surface area contributed by atoms with E-state index in [-0.39, 0.29) is 40.6 Å². The highest BCUT2D eigenvalue weighted by Gasteiger charge is 2.33. The van der Waals surface area contributed by atoms with Gasteiger partial charge in [-0.3, -0.25) is 9.59 Å². The van der Waals surface area contributed by atoms with Crippen LogP contribution < -0.4 is 16.0 Å². The first kappa shape index (κ1) is 24.8. The maximum Gasteiger partial charge on any atom is 0.234 e. The molecule has 0 saturated carbocycles. The molecule has 1 unspecified atom stereocenters. The second kappa shape index (κ2) is 12.3. The number of amides is 2. The summed E-state index contributed by atoms with van der Waals surface area (Å²) in [5, 5.41) is 8.98. The van der Waals surface area contributed by atoms with Gasteiger partial charge < -0.3 is 20.7 Å². The van der Waals surface area contributed by atoms with Crippen molar-refractivity contribution in [2.45, 2.75) is 31.9 Å². The number of rotatable bonds is 9. The van der Waals surface area contributed by atoms with Gasteiger partial charge in [-0.1, -0.05) is 17.7 Å². The highest BCUT2D eigenvalue weighted by atomic mass is 35.5. The molecule has 0 radical (unpaired) electrons. The number of nitrogens with one attached hydrogen (secondary N) is 3. The predicted octanol–water partition coefficient (Wildman–Crippen LogP) is 2.61. The monoisotopic (exact) mass is 429 g/mol. The Morgan fingerprint density at radius 2 is 1.89 bits per heavy atom. The van der Waals surface area contributed by atoms with Gasteiger partial charge in [0, 0.05) is 24.8 Å². The zero-order valence-electron chi connectivity index (χ0n) is 16.9. The van der Waals surface area contributed by atoms with Gasteiger partial charge in [-0.2, -0.15) is 0 Å². The normalized spacial score (nSPS) is 16.5. The average Bonchev–Trinajstić information content (AvgIpc) is 2.67. The molecular weight excluding hydrogens is 398 g/mol. The van der Waals surface area contributed by atoms with Crippen LogP contribution in [0.4, 0.5) is 5.69 Å². The molecule has 1 aromatic rings. The van der Waals surface area contributed by atoms with Crippen LogP contribution in [0.25, 0.3) is 0 Å². The number of carbonyl (C=O) groups is 2. The molecule has 0 bridgehead atoms. The molecule has 1 saturated heterocycles. The summed E-state index contributed by atoms with van der Waals surface area (Å²) >= 11 is 1.35. The third kappa shape index (κ3) is 7.99. The summed E-state index contributed by atoms with van der Waals surface area (Å²) in [5.74, 6) is 0.116. The number of anilines is 1. The zero-order chi connectivity index (χ0) is 19.7. The lowest BCUT2D eigenvalue weighted by Gasteiger charge is -2.37. The van der Waals surface area contributed by atoms with Crippen molar-refractivity contribution in [1.29, 1.82) is 0 Å². The van der Waals surface area contributed by atoms with Crippen LogP contribution in [0.1, 0.15) is 25.3 Å². The molecule has 2 rings (SSSR count). The fourth-order valence-electron chi connectivity index (χ4n) is 3.16. The number of methoxy groups -OCH3 is 1. The van der Waals surface area contributed by atoms with Crippen molar-refractivity contribution in [3.8, 4) is 0 Å². The quantitative estimate of drug-likeness (QED) is 0.562. The van der Waals surface area contributed by atoms with E-state index < -0.39 is 0 Å². The number of hydrogen-bond acceptors (Lipinski definition) is 5. The highest BCUT2D eigenvalue weighted by Crippen LogP contribution is 2.28. The van der Waals surface area contributed by atoms with Crippen molar-refractivity contribution in [1.82, 2.24) is 10.6 Å². The molecular formula is C20H32ClN3O3S. The van der Waals surface area contributed by atoms with E-state index in [1.54, 1.807) is 7.11 Å². The second-order valence-electron chi connectivity index (χ2n) is 7.27. The maximum absolute atomic E-state index is 12.4. The van der Waals surface area contributed by atoms with Gasteiger partial charge in [0.25, 0.3) is 0 Å². The lowest BCUT2D eigenvalue weighted by molar-refractivity contribution is -0.121. The van der Waals surface area contributed by atoms with Gasteiger partial charge in [0.1, 0.15) is 0 Å². The van der Waals surface area contributed by atoms with E-state index in [0.717, 1.165) is 37.2 Å². The van der Waals surface area contributed by atoms with Gasteiger partial charge in [0.2, 0.25) is 11.8 Å². The lowest BCUT2D eigenvalue weighted by atomic mass is 9.79. The Morgan fingerprint density at radius 1 is 1.25 bits per heavy atom. The standard InChI is InChI=1S/C20H31N3O3S.ClH/c1-15-4-6-17(7-5-15)23-18(24)12-27-16(2)19(25)22-13-20(14-26-3)8-10-21-11-9-20;/h4-7,16,21H,8-14H2,1-3H3,(H,22,25)(H,23,24);1H. The van der Waals surface area contributed by atoms with Crippen LogP contribution in [0.15, 0.2) is 24.3 Å². The molecule has 1 aliphatic heterocycles. The molecule has 0 aliphatic carbocycles. The van der Waals surface area contributed by atoms with E-state index in [0.29, 0.717) is 13.2 Å². The summed E-state index contributed by atoms with van der Waals surface area (Å²) in [5.41, 5.74) is 1.92. The first-order chi connectivity index (χ1) is 12.9. The van der Waals surface area contributed by atoms with Crippen molar-refractivity contribution < 1.29 is 14.3 Å². The molecule has 2 amide bonds. The van der Waals surface area contributed by atoms with Crippen molar-refractivity contribution >= 4 is 41.7 Å². The number of carbonyl (C=O) groups excluding carboxylic acids is 2. The summed E-state index contributed by atoms with van der Waals surface area (Å²) < 4.78 is 5.38. The lowest BCUT2D eigenvalue weighted by Crippen LogP contribution is -2.48. The molecule has 1 fully saturated rings. The smallest absolute Gasteiger partial charge is 0.234 e.